The van der Waals surface area contributed by atoms with Crippen LogP contribution in [0.25, 0.3) is 0 Å². The molecule has 0 heterocycles. The zero-order valence-electron chi connectivity index (χ0n) is 11.5. The molecule has 1 aromatic carbocycles. The molecule has 0 radical (unpaired) electrons. The molecule has 0 spiro atoms. The Kier molecular flexibility index (Phi) is 5.12. The minimum Gasteiger partial charge on any atom is -0.481 e. The third-order valence-corrected chi connectivity index (χ3v) is 4.42. The van der Waals surface area contributed by atoms with Crippen LogP contribution in [-0.4, -0.2) is 22.5 Å². The summed E-state index contributed by atoms with van der Waals surface area (Å²) in [6.07, 6.45) is 4.16. The quantitative estimate of drug-likeness (QED) is 0.880. The van der Waals surface area contributed by atoms with Crippen LogP contribution in [0.5, 0.6) is 0 Å². The van der Waals surface area contributed by atoms with Crippen molar-refractivity contribution in [2.45, 2.75) is 44.1 Å². The van der Waals surface area contributed by atoms with E-state index in [-0.39, 0.29) is 17.9 Å². The van der Waals surface area contributed by atoms with Crippen molar-refractivity contribution in [2.24, 2.45) is 0 Å². The normalized spacial score (nSPS) is 17.2. The van der Waals surface area contributed by atoms with E-state index >= 15 is 0 Å². The number of hydrogen-bond donors (Lipinski definition) is 2. The molecule has 1 amide bonds. The highest BCUT2D eigenvalue weighted by Crippen LogP contribution is 2.32. The minimum atomic E-state index is -0.908. The number of aliphatic carboxylic acids is 1. The molecule has 1 aliphatic carbocycles. The lowest BCUT2D eigenvalue weighted by atomic mass is 9.79. The Bertz CT molecular complexity index is 554. The van der Waals surface area contributed by atoms with Crippen molar-refractivity contribution >= 4 is 35.1 Å². The molecule has 0 unspecified atom stereocenters. The first-order valence-corrected chi connectivity index (χ1v) is 7.67. The average molecular weight is 330 g/mol. The molecule has 1 fully saturated rings. The van der Waals surface area contributed by atoms with E-state index in [1.165, 1.54) is 6.07 Å². The first-order chi connectivity index (χ1) is 9.92. The Hall–Kier alpha value is -1.26. The van der Waals surface area contributed by atoms with Crippen molar-refractivity contribution in [3.63, 3.8) is 0 Å². The predicted octanol–water partition coefficient (Wildman–Crippen LogP) is 3.90. The highest BCUT2D eigenvalue weighted by Gasteiger charge is 2.36. The van der Waals surface area contributed by atoms with Gasteiger partial charge in [-0.25, -0.2) is 0 Å². The third kappa shape index (κ3) is 4.11. The number of amides is 1. The van der Waals surface area contributed by atoms with Crippen LogP contribution >= 0.6 is 23.2 Å². The first-order valence-electron chi connectivity index (χ1n) is 6.91. The molecule has 21 heavy (non-hydrogen) atoms. The number of benzene rings is 1. The maximum Gasteiger partial charge on any atom is 0.305 e. The number of carboxylic acids is 1. The lowest BCUT2D eigenvalue weighted by Crippen LogP contribution is -2.51. The van der Waals surface area contributed by atoms with E-state index in [0.717, 1.165) is 19.3 Å². The van der Waals surface area contributed by atoms with Crippen LogP contribution in [0.2, 0.25) is 10.0 Å². The van der Waals surface area contributed by atoms with Gasteiger partial charge in [-0.15, -0.1) is 0 Å². The largest absolute Gasteiger partial charge is 0.481 e. The number of rotatable bonds is 4. The van der Waals surface area contributed by atoms with Gasteiger partial charge in [-0.1, -0.05) is 42.5 Å². The van der Waals surface area contributed by atoms with Gasteiger partial charge < -0.3 is 10.4 Å². The van der Waals surface area contributed by atoms with Crippen molar-refractivity contribution in [3.05, 3.63) is 33.8 Å². The molecular formula is C15H17Cl2NO3. The van der Waals surface area contributed by atoms with Gasteiger partial charge in [0, 0.05) is 5.02 Å². The monoisotopic (exact) mass is 329 g/mol. The molecular weight excluding hydrogens is 313 g/mol. The van der Waals surface area contributed by atoms with Crippen LogP contribution in [-0.2, 0) is 4.79 Å². The number of nitrogens with one attached hydrogen (secondary N) is 1. The zero-order chi connectivity index (χ0) is 15.5. The van der Waals surface area contributed by atoms with Gasteiger partial charge in [0.1, 0.15) is 0 Å². The molecule has 2 rings (SSSR count). The van der Waals surface area contributed by atoms with Gasteiger partial charge in [0.05, 0.1) is 22.5 Å². The fourth-order valence-corrected chi connectivity index (χ4v) is 3.22. The second-order valence-electron chi connectivity index (χ2n) is 5.49. The first kappa shape index (κ1) is 16.1. The van der Waals surface area contributed by atoms with Crippen LogP contribution < -0.4 is 5.32 Å². The smallest absolute Gasteiger partial charge is 0.305 e. The van der Waals surface area contributed by atoms with Crippen molar-refractivity contribution in [2.75, 3.05) is 0 Å². The Morgan fingerprint density at radius 1 is 1.19 bits per heavy atom. The molecule has 0 saturated heterocycles. The summed E-state index contributed by atoms with van der Waals surface area (Å²) in [5.41, 5.74) is -0.410. The van der Waals surface area contributed by atoms with Gasteiger partial charge in [0.15, 0.2) is 0 Å². The van der Waals surface area contributed by atoms with Gasteiger partial charge in [-0.2, -0.15) is 0 Å². The number of carbonyl (C=O) groups is 2. The zero-order valence-corrected chi connectivity index (χ0v) is 13.0. The van der Waals surface area contributed by atoms with Crippen molar-refractivity contribution in [3.8, 4) is 0 Å². The van der Waals surface area contributed by atoms with Gasteiger partial charge >= 0.3 is 5.97 Å². The van der Waals surface area contributed by atoms with E-state index in [4.69, 9.17) is 28.3 Å². The lowest BCUT2D eigenvalue weighted by molar-refractivity contribution is -0.139. The molecule has 2 N–H and O–H groups in total. The summed E-state index contributed by atoms with van der Waals surface area (Å²) in [5, 5.41) is 12.7. The van der Waals surface area contributed by atoms with Gasteiger partial charge in [-0.3, -0.25) is 9.59 Å². The summed E-state index contributed by atoms with van der Waals surface area (Å²) in [5.74, 6) is -1.28. The number of hydrogen-bond acceptors (Lipinski definition) is 2. The summed E-state index contributed by atoms with van der Waals surface area (Å²) in [6.45, 7) is 0. The third-order valence-electron chi connectivity index (χ3n) is 3.85. The maximum atomic E-state index is 12.4. The lowest BCUT2D eigenvalue weighted by Gasteiger charge is -2.37. The van der Waals surface area contributed by atoms with E-state index in [2.05, 4.69) is 5.32 Å². The van der Waals surface area contributed by atoms with E-state index in [0.29, 0.717) is 22.9 Å². The summed E-state index contributed by atoms with van der Waals surface area (Å²) in [7, 11) is 0. The average Bonchev–Trinajstić information content (AvgIpc) is 2.41. The Balaban J connectivity index is 2.21. The van der Waals surface area contributed by atoms with Crippen molar-refractivity contribution in [1.29, 1.82) is 0 Å². The summed E-state index contributed by atoms with van der Waals surface area (Å²) >= 11 is 11.9. The van der Waals surface area contributed by atoms with Gasteiger partial charge in [0.25, 0.3) is 5.91 Å². The number of carboxylic acid groups (broad SMARTS) is 1. The second kappa shape index (κ2) is 6.67. The van der Waals surface area contributed by atoms with Crippen LogP contribution in [0, 0.1) is 0 Å². The Labute approximate surface area is 133 Å². The van der Waals surface area contributed by atoms with Gasteiger partial charge in [0.2, 0.25) is 0 Å². The van der Waals surface area contributed by atoms with E-state index < -0.39 is 11.5 Å². The number of carbonyl (C=O) groups excluding carboxylic acids is 1. The Morgan fingerprint density at radius 3 is 2.48 bits per heavy atom. The van der Waals surface area contributed by atoms with E-state index in [1.807, 2.05) is 0 Å². The molecule has 6 heteroatoms. The highest BCUT2D eigenvalue weighted by atomic mass is 35.5. The predicted molar refractivity (Wildman–Crippen MR) is 82.0 cm³/mol. The molecule has 0 bridgehead atoms. The molecule has 1 aliphatic rings. The minimum absolute atomic E-state index is 0.0725. The molecule has 114 valence electrons. The van der Waals surface area contributed by atoms with E-state index in [1.54, 1.807) is 12.1 Å². The van der Waals surface area contributed by atoms with Crippen molar-refractivity contribution in [1.82, 2.24) is 5.32 Å². The second-order valence-corrected chi connectivity index (χ2v) is 6.33. The fraction of sp³-hybridized carbons (Fsp3) is 0.467. The van der Waals surface area contributed by atoms with Crippen LogP contribution in [0.1, 0.15) is 48.9 Å². The molecule has 0 atom stereocenters. The SMILES string of the molecule is O=C(O)CC1(NC(=O)c2cc(Cl)ccc2Cl)CCCCC1. The standard InChI is InChI=1S/C15H17Cl2NO3/c16-10-4-5-12(17)11(8-10)14(21)18-15(9-13(19)20)6-2-1-3-7-15/h4-5,8H,1-3,6-7,9H2,(H,18,21)(H,19,20). The van der Waals surface area contributed by atoms with Gasteiger partial charge in [-0.05, 0) is 31.0 Å². The topological polar surface area (TPSA) is 66.4 Å². The van der Waals surface area contributed by atoms with Crippen LogP contribution in [0.15, 0.2) is 18.2 Å². The van der Waals surface area contributed by atoms with Crippen molar-refractivity contribution < 1.29 is 14.7 Å². The molecule has 0 aliphatic heterocycles. The van der Waals surface area contributed by atoms with Crippen LogP contribution in [0.4, 0.5) is 0 Å². The summed E-state index contributed by atoms with van der Waals surface area (Å²) in [4.78, 5) is 23.5. The highest BCUT2D eigenvalue weighted by molar-refractivity contribution is 6.35. The fourth-order valence-electron chi connectivity index (χ4n) is 2.84. The molecule has 1 saturated carbocycles. The molecule has 1 aromatic rings. The molecule has 0 aromatic heterocycles. The number of halogens is 2. The molecule has 4 nitrogen and oxygen atoms in total. The summed E-state index contributed by atoms with van der Waals surface area (Å²) in [6, 6.07) is 4.66. The van der Waals surface area contributed by atoms with E-state index in [9.17, 15) is 9.59 Å². The maximum absolute atomic E-state index is 12.4. The Morgan fingerprint density at radius 2 is 1.86 bits per heavy atom. The van der Waals surface area contributed by atoms with Crippen LogP contribution in [0.3, 0.4) is 0 Å². The summed E-state index contributed by atoms with van der Waals surface area (Å²) < 4.78 is 0.